The smallest absolute Gasteiger partial charge is 0.120 e. The number of rotatable bonds is 6. The van der Waals surface area contributed by atoms with Crippen molar-refractivity contribution >= 4 is 0 Å². The average Bonchev–Trinajstić information content (AvgIpc) is 2.77. The molecule has 0 spiro atoms. The summed E-state index contributed by atoms with van der Waals surface area (Å²) in [6.07, 6.45) is 2.67. The third-order valence-electron chi connectivity index (χ3n) is 4.56. The van der Waals surface area contributed by atoms with E-state index in [0.29, 0.717) is 0 Å². The number of nitrogens with zero attached hydrogens (tertiary/aromatic N) is 1. The van der Waals surface area contributed by atoms with Gasteiger partial charge in [-0.25, -0.2) is 0 Å². The van der Waals surface area contributed by atoms with Gasteiger partial charge >= 0.3 is 0 Å². The number of hydrogen-bond acceptors (Lipinski definition) is 3. The number of furan rings is 1. The third-order valence-corrected chi connectivity index (χ3v) is 4.56. The molecule has 1 N–H and O–H groups in total. The molecular weight excluding hydrogens is 248 g/mol. The summed E-state index contributed by atoms with van der Waals surface area (Å²) >= 11 is 0. The summed E-state index contributed by atoms with van der Waals surface area (Å²) in [7, 11) is 0. The molecule has 0 amide bonds. The minimum Gasteiger partial charge on any atom is -0.463 e. The largest absolute Gasteiger partial charge is 0.463 e. The monoisotopic (exact) mass is 278 g/mol. The normalized spacial score (nSPS) is 18.1. The molecule has 1 aromatic rings. The lowest BCUT2D eigenvalue weighted by Crippen LogP contribution is -2.34. The number of piperidine rings is 1. The molecule has 20 heavy (non-hydrogen) atoms. The van der Waals surface area contributed by atoms with E-state index in [-0.39, 0.29) is 0 Å². The van der Waals surface area contributed by atoms with Crippen LogP contribution in [0.25, 0.3) is 0 Å². The van der Waals surface area contributed by atoms with Gasteiger partial charge in [-0.05, 0) is 62.9 Å². The molecule has 0 radical (unpaired) electrons. The van der Waals surface area contributed by atoms with Crippen LogP contribution in [0.3, 0.4) is 0 Å². The first-order valence-electron chi connectivity index (χ1n) is 8.11. The second kappa shape index (κ2) is 7.28. The van der Waals surface area contributed by atoms with Crippen molar-refractivity contribution in [1.29, 1.82) is 0 Å². The SMILES string of the molecule is CCNCc1oc(CN2CCC(C(C)C)CC2)cc1C. The molecule has 2 heterocycles. The van der Waals surface area contributed by atoms with Crippen LogP contribution in [0.1, 0.15) is 50.7 Å². The van der Waals surface area contributed by atoms with Gasteiger partial charge in [0.15, 0.2) is 0 Å². The topological polar surface area (TPSA) is 28.4 Å². The first-order chi connectivity index (χ1) is 9.60. The zero-order valence-corrected chi connectivity index (χ0v) is 13.5. The van der Waals surface area contributed by atoms with Crippen molar-refractivity contribution in [3.8, 4) is 0 Å². The Labute approximate surface area is 123 Å². The number of nitrogens with one attached hydrogen (secondary N) is 1. The van der Waals surface area contributed by atoms with E-state index in [9.17, 15) is 0 Å². The molecule has 0 aromatic carbocycles. The third kappa shape index (κ3) is 4.10. The maximum absolute atomic E-state index is 5.99. The summed E-state index contributed by atoms with van der Waals surface area (Å²) in [5.41, 5.74) is 1.28. The van der Waals surface area contributed by atoms with Crippen molar-refractivity contribution in [2.75, 3.05) is 19.6 Å². The molecule has 2 rings (SSSR count). The lowest BCUT2D eigenvalue weighted by Gasteiger charge is -2.33. The highest BCUT2D eigenvalue weighted by Crippen LogP contribution is 2.26. The standard InChI is InChI=1S/C17H30N2O/c1-5-18-11-17-14(4)10-16(20-17)12-19-8-6-15(7-9-19)13(2)3/h10,13,15,18H,5-9,11-12H2,1-4H3. The van der Waals surface area contributed by atoms with Gasteiger partial charge in [0, 0.05) is 0 Å². The second-order valence-electron chi connectivity index (χ2n) is 6.46. The maximum Gasteiger partial charge on any atom is 0.120 e. The van der Waals surface area contributed by atoms with Gasteiger partial charge in [0.2, 0.25) is 0 Å². The first-order valence-corrected chi connectivity index (χ1v) is 8.11. The molecule has 1 fully saturated rings. The van der Waals surface area contributed by atoms with Crippen LogP contribution < -0.4 is 5.32 Å². The summed E-state index contributed by atoms with van der Waals surface area (Å²) in [5, 5.41) is 3.33. The molecule has 1 aliphatic rings. The van der Waals surface area contributed by atoms with Crippen LogP contribution in [0, 0.1) is 18.8 Å². The van der Waals surface area contributed by atoms with E-state index in [0.717, 1.165) is 43.0 Å². The Hall–Kier alpha value is -0.800. The second-order valence-corrected chi connectivity index (χ2v) is 6.46. The fraction of sp³-hybridized carbons (Fsp3) is 0.765. The van der Waals surface area contributed by atoms with E-state index >= 15 is 0 Å². The van der Waals surface area contributed by atoms with Gasteiger partial charge in [0.1, 0.15) is 11.5 Å². The Morgan fingerprint density at radius 3 is 2.65 bits per heavy atom. The molecule has 0 saturated carbocycles. The molecule has 0 bridgehead atoms. The zero-order valence-electron chi connectivity index (χ0n) is 13.5. The van der Waals surface area contributed by atoms with E-state index in [1.807, 2.05) is 0 Å². The average molecular weight is 278 g/mol. The molecular formula is C17H30N2O. The minimum absolute atomic E-state index is 0.828. The lowest BCUT2D eigenvalue weighted by molar-refractivity contribution is 0.143. The van der Waals surface area contributed by atoms with Crippen LogP contribution in [-0.4, -0.2) is 24.5 Å². The van der Waals surface area contributed by atoms with Crippen molar-refractivity contribution in [1.82, 2.24) is 10.2 Å². The van der Waals surface area contributed by atoms with Crippen molar-refractivity contribution < 1.29 is 4.42 Å². The van der Waals surface area contributed by atoms with Crippen LogP contribution >= 0.6 is 0 Å². The summed E-state index contributed by atoms with van der Waals surface area (Å²) in [6, 6.07) is 2.21. The van der Waals surface area contributed by atoms with Crippen LogP contribution in [0.5, 0.6) is 0 Å². The molecule has 0 unspecified atom stereocenters. The van der Waals surface area contributed by atoms with Gasteiger partial charge in [0.25, 0.3) is 0 Å². The van der Waals surface area contributed by atoms with E-state index in [4.69, 9.17) is 4.42 Å². The molecule has 1 aromatic heterocycles. The zero-order chi connectivity index (χ0) is 14.5. The highest BCUT2D eigenvalue weighted by Gasteiger charge is 2.22. The Balaban J connectivity index is 1.85. The fourth-order valence-electron chi connectivity index (χ4n) is 3.08. The highest BCUT2D eigenvalue weighted by molar-refractivity contribution is 5.20. The van der Waals surface area contributed by atoms with Gasteiger partial charge in [-0.15, -0.1) is 0 Å². The van der Waals surface area contributed by atoms with Crippen molar-refractivity contribution in [2.45, 2.75) is 53.6 Å². The molecule has 0 aliphatic carbocycles. The predicted molar refractivity (Wildman–Crippen MR) is 83.7 cm³/mol. The van der Waals surface area contributed by atoms with E-state index in [1.54, 1.807) is 0 Å². The van der Waals surface area contributed by atoms with Crippen molar-refractivity contribution in [2.24, 2.45) is 11.8 Å². The fourth-order valence-corrected chi connectivity index (χ4v) is 3.08. The molecule has 0 atom stereocenters. The molecule has 114 valence electrons. The highest BCUT2D eigenvalue weighted by atomic mass is 16.3. The summed E-state index contributed by atoms with van der Waals surface area (Å²) in [6.45, 7) is 14.2. The van der Waals surface area contributed by atoms with Crippen LogP contribution in [0.4, 0.5) is 0 Å². The number of hydrogen-bond donors (Lipinski definition) is 1. The number of aryl methyl sites for hydroxylation is 1. The summed E-state index contributed by atoms with van der Waals surface area (Å²) < 4.78 is 5.99. The van der Waals surface area contributed by atoms with Gasteiger partial charge in [0.05, 0.1) is 13.1 Å². The van der Waals surface area contributed by atoms with Crippen molar-refractivity contribution in [3.63, 3.8) is 0 Å². The minimum atomic E-state index is 0.828. The predicted octanol–water partition coefficient (Wildman–Crippen LogP) is 3.57. The molecule has 3 nitrogen and oxygen atoms in total. The molecule has 1 aliphatic heterocycles. The van der Waals surface area contributed by atoms with Gasteiger partial charge in [-0.2, -0.15) is 0 Å². The molecule has 3 heteroatoms. The van der Waals surface area contributed by atoms with E-state index < -0.39 is 0 Å². The maximum atomic E-state index is 5.99. The van der Waals surface area contributed by atoms with E-state index in [1.165, 1.54) is 31.5 Å². The number of likely N-dealkylation sites (tertiary alicyclic amines) is 1. The van der Waals surface area contributed by atoms with Crippen molar-refractivity contribution in [3.05, 3.63) is 23.2 Å². The van der Waals surface area contributed by atoms with E-state index in [2.05, 4.69) is 44.0 Å². The lowest BCUT2D eigenvalue weighted by atomic mass is 9.87. The quantitative estimate of drug-likeness (QED) is 0.862. The first kappa shape index (κ1) is 15.6. The van der Waals surface area contributed by atoms with Gasteiger partial charge < -0.3 is 9.73 Å². The van der Waals surface area contributed by atoms with Crippen LogP contribution in [-0.2, 0) is 13.1 Å². The van der Waals surface area contributed by atoms with Crippen LogP contribution in [0.15, 0.2) is 10.5 Å². The van der Waals surface area contributed by atoms with Gasteiger partial charge in [-0.1, -0.05) is 20.8 Å². The molecule has 1 saturated heterocycles. The Bertz CT molecular complexity index is 403. The van der Waals surface area contributed by atoms with Gasteiger partial charge in [-0.3, -0.25) is 4.90 Å². The van der Waals surface area contributed by atoms with Crippen LogP contribution in [0.2, 0.25) is 0 Å². The Kier molecular flexibility index (Phi) is 5.67. The summed E-state index contributed by atoms with van der Waals surface area (Å²) in [5.74, 6) is 3.96. The Morgan fingerprint density at radius 2 is 2.05 bits per heavy atom. The summed E-state index contributed by atoms with van der Waals surface area (Å²) in [4.78, 5) is 2.54. The Morgan fingerprint density at radius 1 is 1.35 bits per heavy atom.